The van der Waals surface area contributed by atoms with Crippen LogP contribution in [0.5, 0.6) is 0 Å². The summed E-state index contributed by atoms with van der Waals surface area (Å²) < 4.78 is 0. The Morgan fingerprint density at radius 3 is 2.38 bits per heavy atom. The average Bonchev–Trinajstić information content (AvgIpc) is 3.17. The fraction of sp³-hybridized carbons (Fsp3) is 0.833. The van der Waals surface area contributed by atoms with Crippen LogP contribution in [-0.4, -0.2) is 71.2 Å². The summed E-state index contributed by atoms with van der Waals surface area (Å²) >= 11 is 0. The maximum Gasteiger partial charge on any atom is 0.228 e. The molecule has 0 N–H and O–H groups in total. The van der Waals surface area contributed by atoms with Crippen molar-refractivity contribution >= 4 is 17.7 Å². The molecule has 3 fully saturated rings. The van der Waals surface area contributed by atoms with Crippen LogP contribution in [-0.2, 0) is 14.4 Å². The highest BCUT2D eigenvalue weighted by atomic mass is 16.2. The van der Waals surface area contributed by atoms with Crippen LogP contribution in [0.25, 0.3) is 0 Å². The average molecular weight is 335 g/mol. The Morgan fingerprint density at radius 2 is 1.67 bits per heavy atom. The minimum absolute atomic E-state index is 0.106. The van der Waals surface area contributed by atoms with E-state index in [0.717, 1.165) is 25.8 Å². The third-order valence-electron chi connectivity index (χ3n) is 5.74. The van der Waals surface area contributed by atoms with Crippen molar-refractivity contribution < 1.29 is 14.4 Å². The molecular weight excluding hydrogens is 306 g/mol. The molecule has 134 valence electrons. The Morgan fingerprint density at radius 1 is 1.00 bits per heavy atom. The lowest BCUT2D eigenvalue weighted by Crippen LogP contribution is -2.41. The molecule has 0 aromatic carbocycles. The van der Waals surface area contributed by atoms with Crippen molar-refractivity contribution in [3.05, 3.63) is 0 Å². The van der Waals surface area contributed by atoms with E-state index in [9.17, 15) is 14.4 Å². The molecule has 1 atom stereocenters. The number of nitrogens with zero attached hydrogens (tertiary/aromatic N) is 3. The van der Waals surface area contributed by atoms with Crippen molar-refractivity contribution in [3.8, 4) is 0 Å². The largest absolute Gasteiger partial charge is 0.341 e. The first kappa shape index (κ1) is 17.2. The molecule has 6 heteroatoms. The van der Waals surface area contributed by atoms with Gasteiger partial charge in [-0.25, -0.2) is 0 Å². The summed E-state index contributed by atoms with van der Waals surface area (Å²) in [6.45, 7) is 5.10. The first-order valence-electron chi connectivity index (χ1n) is 9.46. The number of hydrogen-bond donors (Lipinski definition) is 0. The van der Waals surface area contributed by atoms with Gasteiger partial charge in [-0.15, -0.1) is 0 Å². The Labute approximate surface area is 144 Å². The van der Waals surface area contributed by atoms with Crippen molar-refractivity contribution in [2.45, 2.75) is 57.9 Å². The summed E-state index contributed by atoms with van der Waals surface area (Å²) in [5, 5.41) is 0. The lowest BCUT2D eigenvalue weighted by Gasteiger charge is -2.26. The van der Waals surface area contributed by atoms with E-state index in [4.69, 9.17) is 0 Å². The molecule has 0 aromatic heterocycles. The van der Waals surface area contributed by atoms with Gasteiger partial charge >= 0.3 is 0 Å². The van der Waals surface area contributed by atoms with E-state index < -0.39 is 0 Å². The van der Waals surface area contributed by atoms with Crippen LogP contribution in [0.15, 0.2) is 0 Å². The van der Waals surface area contributed by atoms with E-state index in [1.165, 1.54) is 12.8 Å². The van der Waals surface area contributed by atoms with E-state index in [-0.39, 0.29) is 23.6 Å². The summed E-state index contributed by atoms with van der Waals surface area (Å²) in [5.74, 6) is 0.229. The highest BCUT2D eigenvalue weighted by Gasteiger charge is 2.40. The monoisotopic (exact) mass is 335 g/mol. The van der Waals surface area contributed by atoms with Gasteiger partial charge in [0.1, 0.15) is 0 Å². The van der Waals surface area contributed by atoms with Crippen LogP contribution in [0.1, 0.15) is 51.9 Å². The molecule has 0 aromatic rings. The van der Waals surface area contributed by atoms with Gasteiger partial charge in [-0.3, -0.25) is 14.4 Å². The van der Waals surface area contributed by atoms with Crippen molar-refractivity contribution in [2.75, 3.05) is 32.7 Å². The maximum atomic E-state index is 12.8. The molecule has 1 saturated carbocycles. The zero-order chi connectivity index (χ0) is 17.1. The number of rotatable bonds is 3. The summed E-state index contributed by atoms with van der Waals surface area (Å²) in [5.41, 5.74) is 0. The van der Waals surface area contributed by atoms with Gasteiger partial charge in [0.15, 0.2) is 0 Å². The number of likely N-dealkylation sites (tertiary alicyclic amines) is 1. The second kappa shape index (κ2) is 7.53. The molecule has 2 saturated heterocycles. The van der Waals surface area contributed by atoms with E-state index in [1.807, 2.05) is 21.6 Å². The van der Waals surface area contributed by atoms with Crippen molar-refractivity contribution in [3.63, 3.8) is 0 Å². The second-order valence-corrected chi connectivity index (χ2v) is 7.30. The van der Waals surface area contributed by atoms with Gasteiger partial charge < -0.3 is 14.7 Å². The quantitative estimate of drug-likeness (QED) is 0.780. The Balaban J connectivity index is 1.56. The van der Waals surface area contributed by atoms with Crippen LogP contribution in [0.2, 0.25) is 0 Å². The topological polar surface area (TPSA) is 60.9 Å². The standard InChI is InChI=1S/C18H29N3O3/c1-2-16(22)19-8-5-9-20(11-10-19)18(24)14-12-17(23)21(13-14)15-6-3-4-7-15/h14-15H,2-13H2,1H3. The molecular formula is C18H29N3O3. The smallest absolute Gasteiger partial charge is 0.228 e. The molecule has 0 bridgehead atoms. The van der Waals surface area contributed by atoms with Crippen LogP contribution in [0, 0.1) is 5.92 Å². The van der Waals surface area contributed by atoms with Gasteiger partial charge in [-0.2, -0.15) is 0 Å². The van der Waals surface area contributed by atoms with E-state index in [0.29, 0.717) is 45.1 Å². The lowest BCUT2D eigenvalue weighted by molar-refractivity contribution is -0.136. The van der Waals surface area contributed by atoms with E-state index in [1.54, 1.807) is 0 Å². The molecule has 2 heterocycles. The van der Waals surface area contributed by atoms with Crippen molar-refractivity contribution in [1.29, 1.82) is 0 Å². The summed E-state index contributed by atoms with van der Waals surface area (Å²) in [4.78, 5) is 42.7. The summed E-state index contributed by atoms with van der Waals surface area (Å²) in [6, 6.07) is 0.358. The molecule has 3 aliphatic rings. The zero-order valence-electron chi connectivity index (χ0n) is 14.7. The molecule has 1 aliphatic carbocycles. The third-order valence-corrected chi connectivity index (χ3v) is 5.74. The van der Waals surface area contributed by atoms with E-state index >= 15 is 0 Å². The molecule has 2 aliphatic heterocycles. The van der Waals surface area contributed by atoms with Crippen LogP contribution in [0.4, 0.5) is 0 Å². The van der Waals surface area contributed by atoms with Crippen LogP contribution in [0.3, 0.4) is 0 Å². The molecule has 6 nitrogen and oxygen atoms in total. The van der Waals surface area contributed by atoms with Crippen LogP contribution < -0.4 is 0 Å². The molecule has 3 rings (SSSR count). The molecule has 0 radical (unpaired) electrons. The highest BCUT2D eigenvalue weighted by molar-refractivity contribution is 5.89. The number of carbonyl (C=O) groups excluding carboxylic acids is 3. The van der Waals surface area contributed by atoms with E-state index in [2.05, 4.69) is 0 Å². The number of amides is 3. The predicted molar refractivity (Wildman–Crippen MR) is 90.1 cm³/mol. The van der Waals surface area contributed by atoms with Gasteiger partial charge in [0.2, 0.25) is 17.7 Å². The molecule has 1 unspecified atom stereocenters. The Hall–Kier alpha value is -1.59. The second-order valence-electron chi connectivity index (χ2n) is 7.30. The first-order valence-corrected chi connectivity index (χ1v) is 9.46. The third kappa shape index (κ3) is 3.57. The minimum Gasteiger partial charge on any atom is -0.341 e. The maximum absolute atomic E-state index is 12.8. The summed E-state index contributed by atoms with van der Waals surface area (Å²) in [6.07, 6.45) is 6.27. The number of hydrogen-bond acceptors (Lipinski definition) is 3. The fourth-order valence-electron chi connectivity index (χ4n) is 4.33. The lowest BCUT2D eigenvalue weighted by atomic mass is 10.1. The number of carbonyl (C=O) groups is 3. The predicted octanol–water partition coefficient (Wildman–Crippen LogP) is 1.25. The SMILES string of the molecule is CCC(=O)N1CCCN(C(=O)C2CC(=O)N(C3CCCC3)C2)CC1. The fourth-order valence-corrected chi connectivity index (χ4v) is 4.33. The van der Waals surface area contributed by atoms with Gasteiger partial charge in [0.25, 0.3) is 0 Å². The first-order chi connectivity index (χ1) is 11.6. The molecule has 3 amide bonds. The van der Waals surface area contributed by atoms with Gasteiger partial charge in [0.05, 0.1) is 5.92 Å². The normalized spacial score (nSPS) is 26.1. The van der Waals surface area contributed by atoms with Crippen molar-refractivity contribution in [2.24, 2.45) is 5.92 Å². The molecule has 0 spiro atoms. The summed E-state index contributed by atoms with van der Waals surface area (Å²) in [7, 11) is 0. The van der Waals surface area contributed by atoms with Gasteiger partial charge in [-0.05, 0) is 19.3 Å². The van der Waals surface area contributed by atoms with Crippen LogP contribution >= 0.6 is 0 Å². The Bertz CT molecular complexity index is 502. The van der Waals surface area contributed by atoms with Crippen molar-refractivity contribution in [1.82, 2.24) is 14.7 Å². The molecule has 24 heavy (non-hydrogen) atoms. The van der Waals surface area contributed by atoms with Gasteiger partial charge in [0, 0.05) is 51.6 Å². The highest BCUT2D eigenvalue weighted by Crippen LogP contribution is 2.30. The van der Waals surface area contributed by atoms with Gasteiger partial charge in [-0.1, -0.05) is 19.8 Å². The Kier molecular flexibility index (Phi) is 5.41. The minimum atomic E-state index is -0.188. The zero-order valence-corrected chi connectivity index (χ0v) is 14.7.